The zero-order valence-electron chi connectivity index (χ0n) is 24.5. The Labute approximate surface area is 207 Å². The van der Waals surface area contributed by atoms with E-state index in [4.69, 9.17) is 8.53 Å². The second kappa shape index (κ2) is 7.70. The summed E-state index contributed by atoms with van der Waals surface area (Å²) in [6.07, 6.45) is 4.83. The van der Waals surface area contributed by atoms with Crippen LogP contribution in [0.1, 0.15) is 67.6 Å². The quantitative estimate of drug-likeness (QED) is 0.245. The van der Waals surface area contributed by atoms with Crippen molar-refractivity contribution in [3.8, 4) is 11.3 Å². The fraction of sp³-hybridized carbons (Fsp3) is 0.344. The minimum absolute atomic E-state index is 0.173. The minimum atomic E-state index is -2.30. The molecule has 3 aromatic carbocycles. The molecule has 0 radical (unpaired) electrons. The fourth-order valence-electron chi connectivity index (χ4n) is 5.67. The lowest BCUT2D eigenvalue weighted by Crippen LogP contribution is -2.32. The number of aromatic nitrogens is 1. The van der Waals surface area contributed by atoms with Crippen LogP contribution in [0.15, 0.2) is 65.2 Å². The summed E-state index contributed by atoms with van der Waals surface area (Å²) in [7, 11) is 1.89. The first-order valence-corrected chi connectivity index (χ1v) is 12.3. The molecule has 0 atom stereocenters. The van der Waals surface area contributed by atoms with Gasteiger partial charge in [0.2, 0.25) is 5.69 Å². The summed E-state index contributed by atoms with van der Waals surface area (Å²) in [6, 6.07) is 18.7. The third-order valence-corrected chi connectivity index (χ3v) is 7.86. The van der Waals surface area contributed by atoms with E-state index in [0.29, 0.717) is 18.4 Å². The van der Waals surface area contributed by atoms with Crippen molar-refractivity contribution >= 4 is 32.7 Å². The molecule has 1 fully saturated rings. The van der Waals surface area contributed by atoms with Crippen molar-refractivity contribution in [1.82, 2.24) is 0 Å². The van der Waals surface area contributed by atoms with Crippen LogP contribution in [0.25, 0.3) is 44.0 Å². The predicted molar refractivity (Wildman–Crippen MR) is 142 cm³/mol. The Hall–Kier alpha value is -3.13. The maximum absolute atomic E-state index is 9.50. The Morgan fingerprint density at radius 1 is 0.941 bits per heavy atom. The minimum Gasteiger partial charge on any atom is -0.454 e. The maximum Gasteiger partial charge on any atom is 0.216 e. The topological polar surface area (TPSA) is 17.0 Å². The van der Waals surface area contributed by atoms with E-state index in [9.17, 15) is 1.37 Å². The lowest BCUT2D eigenvalue weighted by atomic mass is 9.71. The van der Waals surface area contributed by atoms with E-state index >= 15 is 0 Å². The zero-order valence-corrected chi connectivity index (χ0v) is 20.5. The standard InChI is InChI=1S/C32H34NO/c1-20-10-12-26-25-13-11-22-8-6-7-9-24(22)30(25)34-31(26)29(20)28-18-27(21(2)19-33(28)5)23-14-16-32(3,4)17-15-23/h6-13,18-19,23H,14-17H2,1-5H3/q+1/i2D3,23D. The molecule has 2 heterocycles. The van der Waals surface area contributed by atoms with Gasteiger partial charge >= 0.3 is 0 Å². The van der Waals surface area contributed by atoms with Gasteiger partial charge in [0.1, 0.15) is 18.2 Å². The first-order valence-electron chi connectivity index (χ1n) is 14.3. The number of benzene rings is 3. The fourth-order valence-corrected chi connectivity index (χ4v) is 5.67. The van der Waals surface area contributed by atoms with Gasteiger partial charge < -0.3 is 4.42 Å². The van der Waals surface area contributed by atoms with Gasteiger partial charge in [-0.15, -0.1) is 0 Å². The molecule has 1 aliphatic rings. The zero-order chi connectivity index (χ0) is 27.0. The molecule has 172 valence electrons. The average molecular weight is 453 g/mol. The molecule has 0 saturated heterocycles. The summed E-state index contributed by atoms with van der Waals surface area (Å²) >= 11 is 0. The van der Waals surface area contributed by atoms with E-state index in [0.717, 1.165) is 62.4 Å². The summed E-state index contributed by atoms with van der Waals surface area (Å²) in [4.78, 5) is 0. The van der Waals surface area contributed by atoms with Crippen LogP contribution in [0.3, 0.4) is 0 Å². The largest absolute Gasteiger partial charge is 0.454 e. The van der Waals surface area contributed by atoms with E-state index < -0.39 is 12.7 Å². The van der Waals surface area contributed by atoms with Crippen LogP contribution in [0.5, 0.6) is 0 Å². The molecule has 1 saturated carbocycles. The van der Waals surface area contributed by atoms with Crippen molar-refractivity contribution in [1.29, 1.82) is 0 Å². The summed E-state index contributed by atoms with van der Waals surface area (Å²) < 4.78 is 43.0. The third-order valence-electron chi connectivity index (χ3n) is 7.86. The highest BCUT2D eigenvalue weighted by Crippen LogP contribution is 2.44. The second-order valence-electron chi connectivity index (χ2n) is 10.8. The van der Waals surface area contributed by atoms with Gasteiger partial charge in [0.15, 0.2) is 6.20 Å². The molecule has 0 bridgehead atoms. The van der Waals surface area contributed by atoms with E-state index in [1.807, 2.05) is 29.8 Å². The maximum atomic E-state index is 9.50. The number of pyridine rings is 1. The van der Waals surface area contributed by atoms with Crippen molar-refractivity contribution < 1.29 is 14.5 Å². The Balaban J connectivity index is 1.63. The highest BCUT2D eigenvalue weighted by molar-refractivity contribution is 6.17. The molecule has 2 heteroatoms. The van der Waals surface area contributed by atoms with Crippen molar-refractivity contribution in [3.63, 3.8) is 0 Å². The summed E-state index contributed by atoms with van der Waals surface area (Å²) in [5.74, 6) is -0.936. The van der Waals surface area contributed by atoms with E-state index in [2.05, 4.69) is 57.2 Å². The number of aryl methyl sites for hydroxylation is 3. The molecule has 6 rings (SSSR count). The van der Waals surface area contributed by atoms with Crippen molar-refractivity contribution in [3.05, 3.63) is 77.5 Å². The third kappa shape index (κ3) is 3.35. The normalized spacial score (nSPS) is 19.6. The molecule has 0 N–H and O–H groups in total. The highest BCUT2D eigenvalue weighted by Gasteiger charge is 2.30. The van der Waals surface area contributed by atoms with Gasteiger partial charge in [-0.05, 0) is 73.3 Å². The van der Waals surface area contributed by atoms with Gasteiger partial charge in [0.25, 0.3) is 0 Å². The Kier molecular flexibility index (Phi) is 3.92. The summed E-state index contributed by atoms with van der Waals surface area (Å²) in [6.45, 7) is 4.25. The number of hydrogen-bond donors (Lipinski definition) is 0. The van der Waals surface area contributed by atoms with Gasteiger partial charge in [-0.1, -0.05) is 56.3 Å². The molecule has 0 aliphatic heterocycles. The molecule has 0 unspecified atom stereocenters. The van der Waals surface area contributed by atoms with Crippen LogP contribution >= 0.6 is 0 Å². The smallest absolute Gasteiger partial charge is 0.216 e. The average Bonchev–Trinajstić information content (AvgIpc) is 3.25. The molecule has 0 spiro atoms. The SMILES string of the molecule is [2H]C([2H])([2H])c1c[n+](C)c(-c2c(C)ccc3c2oc2c4ccccc4ccc32)cc1C1([2H])CCC(C)(C)CC1. The van der Waals surface area contributed by atoms with E-state index in [1.165, 1.54) is 0 Å². The van der Waals surface area contributed by atoms with Gasteiger partial charge in [-0.25, -0.2) is 4.57 Å². The lowest BCUT2D eigenvalue weighted by Gasteiger charge is -2.34. The Morgan fingerprint density at radius 2 is 1.68 bits per heavy atom. The number of hydrogen-bond acceptors (Lipinski definition) is 1. The van der Waals surface area contributed by atoms with Crippen molar-refractivity contribution in [2.45, 2.75) is 59.2 Å². The molecule has 34 heavy (non-hydrogen) atoms. The molecular formula is C32H34NO+. The molecule has 2 aromatic heterocycles. The first-order chi connectivity index (χ1) is 17.9. The van der Waals surface area contributed by atoms with Gasteiger partial charge in [0, 0.05) is 33.3 Å². The van der Waals surface area contributed by atoms with Crippen LogP contribution in [0.2, 0.25) is 0 Å². The monoisotopic (exact) mass is 452 g/mol. The number of furan rings is 1. The van der Waals surface area contributed by atoms with Crippen LogP contribution in [0.4, 0.5) is 0 Å². The summed E-state index contributed by atoms with van der Waals surface area (Å²) in [5.41, 5.74) is 5.60. The first kappa shape index (κ1) is 17.3. The number of rotatable bonds is 2. The molecule has 2 nitrogen and oxygen atoms in total. The molecule has 1 aliphatic carbocycles. The van der Waals surface area contributed by atoms with Crippen molar-refractivity contribution in [2.75, 3.05) is 0 Å². The lowest BCUT2D eigenvalue weighted by molar-refractivity contribution is -0.660. The van der Waals surface area contributed by atoms with Crippen molar-refractivity contribution in [2.24, 2.45) is 12.5 Å². The van der Waals surface area contributed by atoms with Crippen LogP contribution in [-0.4, -0.2) is 0 Å². The van der Waals surface area contributed by atoms with Gasteiger partial charge in [-0.2, -0.15) is 0 Å². The second-order valence-corrected chi connectivity index (χ2v) is 10.8. The van der Waals surface area contributed by atoms with E-state index in [-0.39, 0.29) is 11.0 Å². The molecule has 5 aromatic rings. The predicted octanol–water partition coefficient (Wildman–Crippen LogP) is 8.53. The highest BCUT2D eigenvalue weighted by atomic mass is 16.3. The van der Waals surface area contributed by atoms with Gasteiger partial charge in [-0.3, -0.25) is 0 Å². The van der Waals surface area contributed by atoms with Crippen LogP contribution < -0.4 is 4.57 Å². The number of fused-ring (bicyclic) bond motifs is 5. The molecule has 0 amide bonds. The Morgan fingerprint density at radius 3 is 2.47 bits per heavy atom. The molecular weight excluding hydrogens is 414 g/mol. The van der Waals surface area contributed by atoms with Crippen LogP contribution in [0, 0.1) is 19.2 Å². The summed E-state index contributed by atoms with van der Waals surface area (Å²) in [5, 5.41) is 4.30. The van der Waals surface area contributed by atoms with Crippen LogP contribution in [-0.2, 0) is 7.05 Å². The number of nitrogens with zero attached hydrogens (tertiary/aromatic N) is 1. The van der Waals surface area contributed by atoms with E-state index in [1.54, 1.807) is 6.20 Å². The Bertz CT molecular complexity index is 1720. The van der Waals surface area contributed by atoms with Gasteiger partial charge in [0.05, 0.1) is 5.56 Å².